The Labute approximate surface area is 91.1 Å². The average Bonchev–Trinajstić information content (AvgIpc) is 2.49. The summed E-state index contributed by atoms with van der Waals surface area (Å²) in [6.07, 6.45) is 2.17. The van der Waals surface area contributed by atoms with Crippen molar-refractivity contribution >= 4 is 29.4 Å². The maximum atomic E-state index is 5.74. The summed E-state index contributed by atoms with van der Waals surface area (Å²) in [4.78, 5) is 2.73. The quantitative estimate of drug-likeness (QED) is 0.755. The van der Waals surface area contributed by atoms with Gasteiger partial charge in [0.1, 0.15) is 0 Å². The Morgan fingerprint density at radius 3 is 2.08 bits per heavy atom. The van der Waals surface area contributed by atoms with Crippen molar-refractivity contribution in [2.24, 2.45) is 0 Å². The van der Waals surface area contributed by atoms with E-state index in [1.165, 1.54) is 9.75 Å². The molecule has 0 saturated carbocycles. The van der Waals surface area contributed by atoms with Crippen LogP contribution in [-0.4, -0.2) is 0 Å². The molecule has 0 aliphatic carbocycles. The van der Waals surface area contributed by atoms with Crippen LogP contribution < -0.4 is 5.73 Å². The highest BCUT2D eigenvalue weighted by molar-refractivity contribution is 7.12. The lowest BCUT2D eigenvalue weighted by molar-refractivity contribution is 1.19. The average molecular weight is 220 g/mol. The molecule has 1 aromatic heterocycles. The van der Waals surface area contributed by atoms with Crippen LogP contribution in [0.3, 0.4) is 0 Å². The molecule has 0 bridgehead atoms. The first-order valence-electron chi connectivity index (χ1n) is 4.15. The topological polar surface area (TPSA) is 26.0 Å². The van der Waals surface area contributed by atoms with Crippen LogP contribution in [0.4, 0.5) is 5.69 Å². The molecular weight excluding hydrogens is 202 g/mol. The number of anilines is 1. The zero-order valence-electron chi connectivity index (χ0n) is 8.30. The van der Waals surface area contributed by atoms with E-state index in [1.807, 2.05) is 11.3 Å². The largest absolute Gasteiger partial charge is 0.398 e. The van der Waals surface area contributed by atoms with E-state index in [2.05, 4.69) is 33.1 Å². The fourth-order valence-electron chi connectivity index (χ4n) is 0.951. The van der Waals surface area contributed by atoms with Gasteiger partial charge in [0.05, 0.1) is 0 Å². The van der Waals surface area contributed by atoms with Crippen LogP contribution in [0.15, 0.2) is 19.2 Å². The van der Waals surface area contributed by atoms with Crippen LogP contribution >= 0.6 is 23.7 Å². The summed E-state index contributed by atoms with van der Waals surface area (Å²) in [6, 6.07) is 2.09. The number of hydrogen-bond acceptors (Lipinski definition) is 2. The second-order valence-electron chi connectivity index (χ2n) is 2.30. The highest BCUT2D eigenvalue weighted by Crippen LogP contribution is 2.24. The van der Waals surface area contributed by atoms with Gasteiger partial charge in [0.15, 0.2) is 0 Å². The molecule has 0 saturated heterocycles. The third-order valence-electron chi connectivity index (χ3n) is 1.56. The fourth-order valence-corrected chi connectivity index (χ4v) is 1.92. The highest BCUT2D eigenvalue weighted by atomic mass is 35.5. The number of hydrogen-bond donors (Lipinski definition) is 1. The third-order valence-corrected chi connectivity index (χ3v) is 3.00. The molecular formula is C10H18ClNS. The molecule has 76 valence electrons. The molecule has 1 rings (SSSR count). The minimum absolute atomic E-state index is 0. The van der Waals surface area contributed by atoms with Gasteiger partial charge in [-0.15, -0.1) is 36.9 Å². The summed E-state index contributed by atoms with van der Waals surface area (Å²) >= 11 is 1.83. The molecule has 0 aromatic carbocycles. The van der Waals surface area contributed by atoms with Crippen LogP contribution in [0.5, 0.6) is 0 Å². The van der Waals surface area contributed by atoms with Gasteiger partial charge in [-0.2, -0.15) is 0 Å². The number of halogens is 1. The lowest BCUT2D eigenvalue weighted by Crippen LogP contribution is -1.84. The number of rotatable bonds is 2. The first-order valence-corrected chi connectivity index (χ1v) is 4.96. The van der Waals surface area contributed by atoms with Gasteiger partial charge in [0.25, 0.3) is 0 Å². The second-order valence-corrected chi connectivity index (χ2v) is 3.52. The molecule has 0 radical (unpaired) electrons. The SMILES string of the molecule is C=C.CCc1cc(N)c(CC)s1.Cl. The van der Waals surface area contributed by atoms with Gasteiger partial charge in [0, 0.05) is 15.4 Å². The molecule has 0 atom stereocenters. The number of nitrogens with two attached hydrogens (primary N) is 1. The van der Waals surface area contributed by atoms with E-state index in [0.717, 1.165) is 18.5 Å². The first-order chi connectivity index (χ1) is 5.77. The van der Waals surface area contributed by atoms with E-state index in [-0.39, 0.29) is 12.4 Å². The van der Waals surface area contributed by atoms with Crippen LogP contribution in [0.1, 0.15) is 23.6 Å². The molecule has 0 amide bonds. The summed E-state index contributed by atoms with van der Waals surface area (Å²) in [7, 11) is 0. The van der Waals surface area contributed by atoms with Crippen molar-refractivity contribution in [1.29, 1.82) is 0 Å². The van der Waals surface area contributed by atoms with Crippen molar-refractivity contribution < 1.29 is 0 Å². The minimum atomic E-state index is 0. The third kappa shape index (κ3) is 4.34. The number of nitrogen functional groups attached to an aromatic ring is 1. The molecule has 0 aliphatic heterocycles. The summed E-state index contributed by atoms with van der Waals surface area (Å²) in [6.45, 7) is 10.3. The van der Waals surface area contributed by atoms with Gasteiger partial charge in [-0.3, -0.25) is 0 Å². The van der Waals surface area contributed by atoms with Crippen molar-refractivity contribution in [3.8, 4) is 0 Å². The van der Waals surface area contributed by atoms with Crippen molar-refractivity contribution in [2.75, 3.05) is 5.73 Å². The molecule has 2 N–H and O–H groups in total. The van der Waals surface area contributed by atoms with Gasteiger partial charge in [0.2, 0.25) is 0 Å². The van der Waals surface area contributed by atoms with Crippen LogP contribution in [0.25, 0.3) is 0 Å². The molecule has 13 heavy (non-hydrogen) atoms. The maximum Gasteiger partial charge on any atom is 0.0458 e. The Balaban J connectivity index is 0. The normalized spacial score (nSPS) is 8.15. The zero-order chi connectivity index (χ0) is 9.56. The Morgan fingerprint density at radius 1 is 1.31 bits per heavy atom. The fraction of sp³-hybridized carbons (Fsp3) is 0.400. The van der Waals surface area contributed by atoms with E-state index in [9.17, 15) is 0 Å². The maximum absolute atomic E-state index is 5.74. The number of thiophene rings is 1. The van der Waals surface area contributed by atoms with Crippen LogP contribution in [0, 0.1) is 0 Å². The Bertz CT molecular complexity index is 233. The zero-order valence-corrected chi connectivity index (χ0v) is 9.93. The molecule has 0 spiro atoms. The van der Waals surface area contributed by atoms with Gasteiger partial charge < -0.3 is 5.73 Å². The smallest absolute Gasteiger partial charge is 0.0458 e. The molecule has 0 fully saturated rings. The monoisotopic (exact) mass is 219 g/mol. The Morgan fingerprint density at radius 2 is 1.85 bits per heavy atom. The lowest BCUT2D eigenvalue weighted by atomic mass is 10.3. The highest BCUT2D eigenvalue weighted by Gasteiger charge is 2.01. The van der Waals surface area contributed by atoms with Crippen LogP contribution in [0.2, 0.25) is 0 Å². The van der Waals surface area contributed by atoms with E-state index in [1.54, 1.807) is 0 Å². The molecule has 1 nitrogen and oxygen atoms in total. The molecule has 0 aliphatic rings. The summed E-state index contributed by atoms with van der Waals surface area (Å²) in [5.41, 5.74) is 6.71. The Hall–Kier alpha value is -0.470. The summed E-state index contributed by atoms with van der Waals surface area (Å²) in [5.74, 6) is 0. The lowest BCUT2D eigenvalue weighted by Gasteiger charge is -1.88. The van der Waals surface area contributed by atoms with E-state index >= 15 is 0 Å². The predicted molar refractivity (Wildman–Crippen MR) is 66.0 cm³/mol. The summed E-state index contributed by atoms with van der Waals surface area (Å²) in [5, 5.41) is 0. The first kappa shape index (κ1) is 15.0. The van der Waals surface area contributed by atoms with E-state index in [4.69, 9.17) is 5.73 Å². The van der Waals surface area contributed by atoms with Crippen molar-refractivity contribution in [2.45, 2.75) is 26.7 Å². The number of aryl methyl sites for hydroxylation is 2. The summed E-state index contributed by atoms with van der Waals surface area (Å²) < 4.78 is 0. The van der Waals surface area contributed by atoms with E-state index < -0.39 is 0 Å². The van der Waals surface area contributed by atoms with Gasteiger partial charge >= 0.3 is 0 Å². The van der Waals surface area contributed by atoms with Gasteiger partial charge in [-0.25, -0.2) is 0 Å². The van der Waals surface area contributed by atoms with Gasteiger partial charge in [-0.05, 0) is 18.9 Å². The molecule has 3 heteroatoms. The van der Waals surface area contributed by atoms with E-state index in [0.29, 0.717) is 0 Å². The minimum Gasteiger partial charge on any atom is -0.398 e. The second kappa shape index (κ2) is 8.14. The van der Waals surface area contributed by atoms with Crippen molar-refractivity contribution in [3.63, 3.8) is 0 Å². The standard InChI is InChI=1S/C8H13NS.C2H4.ClH/c1-3-6-5-7(9)8(4-2)10-6;1-2;/h5H,3-4,9H2,1-2H3;1-2H2;1H. The van der Waals surface area contributed by atoms with Crippen molar-refractivity contribution in [1.82, 2.24) is 0 Å². The molecule has 1 aromatic rings. The molecule has 1 heterocycles. The Kier molecular flexibility index (Phi) is 9.41. The van der Waals surface area contributed by atoms with Gasteiger partial charge in [-0.1, -0.05) is 13.8 Å². The molecule has 0 unspecified atom stereocenters. The van der Waals surface area contributed by atoms with Crippen LogP contribution in [-0.2, 0) is 12.8 Å². The van der Waals surface area contributed by atoms with Crippen molar-refractivity contribution in [3.05, 3.63) is 29.0 Å². The predicted octanol–water partition coefficient (Wildman–Crippen LogP) is 3.68.